The molecule has 4 rings (SSSR count). The van der Waals surface area contributed by atoms with E-state index in [1.807, 2.05) is 24.3 Å². The van der Waals surface area contributed by atoms with E-state index in [2.05, 4.69) is 26.1 Å². The summed E-state index contributed by atoms with van der Waals surface area (Å²) in [6.07, 6.45) is 1.99. The smallest absolute Gasteiger partial charge is 0.411 e. The summed E-state index contributed by atoms with van der Waals surface area (Å²) in [5.74, 6) is 1.62. The molecule has 2 aromatic rings. The van der Waals surface area contributed by atoms with E-state index < -0.39 is 6.09 Å². The normalized spacial score (nSPS) is 16.4. The summed E-state index contributed by atoms with van der Waals surface area (Å²) in [6, 6.07) is 12.8. The Balaban J connectivity index is 1.13. The maximum absolute atomic E-state index is 12.7. The number of hydrogen-bond acceptors (Lipinski definition) is 6. The number of nitrogens with zero attached hydrogens (tertiary/aromatic N) is 1. The minimum absolute atomic E-state index is 0.0838. The van der Waals surface area contributed by atoms with Gasteiger partial charge in [-0.3, -0.25) is 10.1 Å². The molecular formula is C24H27BrN2O5. The molecule has 2 aromatic carbocycles. The molecule has 0 spiro atoms. The number of likely N-dealkylation sites (tertiary alicyclic amines) is 1. The van der Waals surface area contributed by atoms with Gasteiger partial charge in [0.05, 0.1) is 6.61 Å². The van der Waals surface area contributed by atoms with Crippen LogP contribution in [0.2, 0.25) is 0 Å². The van der Waals surface area contributed by atoms with Crippen molar-refractivity contribution < 1.29 is 23.8 Å². The van der Waals surface area contributed by atoms with Crippen LogP contribution in [-0.4, -0.2) is 56.2 Å². The summed E-state index contributed by atoms with van der Waals surface area (Å²) < 4.78 is 17.3. The third-order valence-corrected chi connectivity index (χ3v) is 6.26. The fourth-order valence-electron chi connectivity index (χ4n) is 4.00. The van der Waals surface area contributed by atoms with Crippen molar-refractivity contribution in [3.63, 3.8) is 0 Å². The number of amides is 1. The van der Waals surface area contributed by atoms with Gasteiger partial charge < -0.3 is 19.1 Å². The Morgan fingerprint density at radius 2 is 1.75 bits per heavy atom. The number of carbonyl (C=O) groups is 2. The molecule has 1 amide bonds. The van der Waals surface area contributed by atoms with Crippen molar-refractivity contribution in [1.82, 2.24) is 4.90 Å². The molecule has 0 radical (unpaired) electrons. The number of ether oxygens (including phenoxy) is 3. The maximum Gasteiger partial charge on any atom is 0.411 e. The average molecular weight is 503 g/mol. The number of anilines is 1. The second kappa shape index (κ2) is 10.8. The average Bonchev–Trinajstić information content (AvgIpc) is 2.82. The number of ketones is 1. The molecular weight excluding hydrogens is 476 g/mol. The summed E-state index contributed by atoms with van der Waals surface area (Å²) in [5.41, 5.74) is 1.39. The lowest BCUT2D eigenvalue weighted by Gasteiger charge is -2.31. The molecule has 2 aliphatic rings. The van der Waals surface area contributed by atoms with Gasteiger partial charge in [0.25, 0.3) is 0 Å². The van der Waals surface area contributed by atoms with Crippen LogP contribution in [0.25, 0.3) is 0 Å². The lowest BCUT2D eigenvalue weighted by atomic mass is 9.89. The monoisotopic (exact) mass is 502 g/mol. The molecule has 8 heteroatoms. The number of carbonyl (C=O) groups excluding carboxylic acids is 2. The van der Waals surface area contributed by atoms with Crippen molar-refractivity contribution >= 4 is 33.5 Å². The molecule has 1 saturated heterocycles. The van der Waals surface area contributed by atoms with Crippen LogP contribution in [0.3, 0.4) is 0 Å². The first-order valence-electron chi connectivity index (χ1n) is 10.9. The van der Waals surface area contributed by atoms with Crippen LogP contribution >= 0.6 is 15.9 Å². The second-order valence-corrected chi connectivity index (χ2v) is 8.88. The van der Waals surface area contributed by atoms with Gasteiger partial charge in [0.2, 0.25) is 0 Å². The summed E-state index contributed by atoms with van der Waals surface area (Å²) >= 11 is 3.40. The third kappa shape index (κ3) is 6.01. The number of hydrogen-bond donors (Lipinski definition) is 1. The van der Waals surface area contributed by atoms with Crippen molar-refractivity contribution in [2.75, 3.05) is 44.8 Å². The number of fused-ring (bicyclic) bond motifs is 1. The van der Waals surface area contributed by atoms with E-state index in [4.69, 9.17) is 14.2 Å². The zero-order valence-electron chi connectivity index (χ0n) is 17.8. The van der Waals surface area contributed by atoms with Gasteiger partial charge in [-0.2, -0.15) is 0 Å². The van der Waals surface area contributed by atoms with Crippen molar-refractivity contribution in [3.8, 4) is 11.5 Å². The number of piperidine rings is 1. The lowest BCUT2D eigenvalue weighted by molar-refractivity contribution is 0.0830. The van der Waals surface area contributed by atoms with Crippen LogP contribution in [0.1, 0.15) is 29.6 Å². The van der Waals surface area contributed by atoms with E-state index >= 15 is 0 Å². The van der Waals surface area contributed by atoms with Crippen molar-refractivity contribution in [1.29, 1.82) is 0 Å². The Kier molecular flexibility index (Phi) is 7.65. The topological polar surface area (TPSA) is 77.1 Å². The predicted octanol–water partition coefficient (Wildman–Crippen LogP) is 4.75. The Hall–Kier alpha value is -2.58. The van der Waals surface area contributed by atoms with E-state index in [1.54, 1.807) is 18.2 Å². The first kappa shape index (κ1) is 22.6. The van der Waals surface area contributed by atoms with Gasteiger partial charge in [-0.05, 0) is 56.6 Å². The van der Waals surface area contributed by atoms with Gasteiger partial charge in [0.1, 0.15) is 13.2 Å². The van der Waals surface area contributed by atoms with E-state index in [1.165, 1.54) is 0 Å². The van der Waals surface area contributed by atoms with Crippen LogP contribution in [0, 0.1) is 5.92 Å². The number of halogens is 1. The lowest BCUT2D eigenvalue weighted by Crippen LogP contribution is -2.37. The van der Waals surface area contributed by atoms with Crippen molar-refractivity contribution in [2.24, 2.45) is 5.92 Å². The number of Topliss-reactive ketones (excluding diaryl/α,β-unsaturated/α-hetero) is 1. The van der Waals surface area contributed by atoms with E-state index in [-0.39, 0.29) is 11.7 Å². The highest BCUT2D eigenvalue weighted by atomic mass is 79.9. The Bertz CT molecular complexity index is 942. The molecule has 1 fully saturated rings. The molecule has 2 aliphatic heterocycles. The predicted molar refractivity (Wildman–Crippen MR) is 125 cm³/mol. The molecule has 0 saturated carbocycles. The minimum atomic E-state index is -0.486. The van der Waals surface area contributed by atoms with E-state index in [9.17, 15) is 9.59 Å². The summed E-state index contributed by atoms with van der Waals surface area (Å²) in [4.78, 5) is 27.0. The van der Waals surface area contributed by atoms with Crippen molar-refractivity contribution in [2.45, 2.75) is 19.3 Å². The highest BCUT2D eigenvalue weighted by Crippen LogP contribution is 2.32. The Labute approximate surface area is 196 Å². The molecule has 170 valence electrons. The number of nitrogens with one attached hydrogen (secondary N) is 1. The van der Waals surface area contributed by atoms with E-state index in [0.29, 0.717) is 37.0 Å². The van der Waals surface area contributed by atoms with Gasteiger partial charge in [0, 0.05) is 34.3 Å². The van der Waals surface area contributed by atoms with Gasteiger partial charge in [-0.1, -0.05) is 28.1 Å². The van der Waals surface area contributed by atoms with Gasteiger partial charge in [0.15, 0.2) is 17.3 Å². The maximum atomic E-state index is 12.7. The second-order valence-electron chi connectivity index (χ2n) is 7.96. The number of rotatable bonds is 7. The zero-order valence-corrected chi connectivity index (χ0v) is 19.4. The molecule has 0 atom stereocenters. The molecule has 0 unspecified atom stereocenters. The van der Waals surface area contributed by atoms with Crippen LogP contribution in [0.5, 0.6) is 11.5 Å². The molecule has 2 heterocycles. The zero-order chi connectivity index (χ0) is 22.3. The van der Waals surface area contributed by atoms with Crippen molar-refractivity contribution in [3.05, 3.63) is 52.5 Å². The number of benzene rings is 2. The molecule has 0 aliphatic carbocycles. The van der Waals surface area contributed by atoms with Gasteiger partial charge in [-0.15, -0.1) is 0 Å². The van der Waals surface area contributed by atoms with Crippen LogP contribution in [-0.2, 0) is 4.74 Å². The van der Waals surface area contributed by atoms with Gasteiger partial charge >= 0.3 is 6.09 Å². The standard InChI is InChI=1S/C24H27BrN2O5/c25-19-4-2-17(3-5-19)23(28)18-8-11-27(12-9-18)10-1-13-32-24(29)26-20-6-7-21-22(16-20)31-15-14-30-21/h2-7,16,18H,1,8-15H2,(H,26,29). The van der Waals surface area contributed by atoms with Gasteiger partial charge in [-0.25, -0.2) is 4.79 Å². The third-order valence-electron chi connectivity index (χ3n) is 5.73. The molecule has 1 N–H and O–H groups in total. The fourth-order valence-corrected chi connectivity index (χ4v) is 4.26. The SMILES string of the molecule is O=C(Nc1ccc2c(c1)OCCO2)OCCCN1CCC(C(=O)c2ccc(Br)cc2)CC1. The Morgan fingerprint density at radius 3 is 2.50 bits per heavy atom. The largest absolute Gasteiger partial charge is 0.486 e. The minimum Gasteiger partial charge on any atom is -0.486 e. The molecule has 0 aromatic heterocycles. The van der Waals surface area contributed by atoms with Crippen LogP contribution in [0.4, 0.5) is 10.5 Å². The highest BCUT2D eigenvalue weighted by Gasteiger charge is 2.25. The quantitative estimate of drug-likeness (QED) is 0.434. The first-order valence-corrected chi connectivity index (χ1v) is 11.7. The van der Waals surface area contributed by atoms with Crippen LogP contribution < -0.4 is 14.8 Å². The van der Waals surface area contributed by atoms with Crippen LogP contribution in [0.15, 0.2) is 46.9 Å². The molecule has 32 heavy (non-hydrogen) atoms. The first-order chi connectivity index (χ1) is 15.6. The summed E-state index contributed by atoms with van der Waals surface area (Å²) in [7, 11) is 0. The Morgan fingerprint density at radius 1 is 1.03 bits per heavy atom. The molecule has 7 nitrogen and oxygen atoms in total. The highest BCUT2D eigenvalue weighted by molar-refractivity contribution is 9.10. The fraction of sp³-hybridized carbons (Fsp3) is 0.417. The van der Waals surface area contributed by atoms with E-state index in [0.717, 1.165) is 48.9 Å². The molecule has 0 bridgehead atoms. The summed E-state index contributed by atoms with van der Waals surface area (Å²) in [5, 5.41) is 2.72. The summed E-state index contributed by atoms with van der Waals surface area (Å²) in [6.45, 7) is 3.98.